The first-order valence-electron chi connectivity index (χ1n) is 8.80. The molecule has 1 unspecified atom stereocenters. The third-order valence-electron chi connectivity index (χ3n) is 4.06. The molecule has 2 aromatic rings. The smallest absolute Gasteiger partial charge is 0.218 e. The molecule has 0 spiro atoms. The second-order valence-electron chi connectivity index (χ2n) is 7.16. The number of allylic oxidation sites excluding steroid dienone is 2. The zero-order valence-electron chi connectivity index (χ0n) is 15.6. The molecule has 0 radical (unpaired) electrons. The zero-order chi connectivity index (χ0) is 18.3. The summed E-state index contributed by atoms with van der Waals surface area (Å²) in [7, 11) is 0. The van der Waals surface area contributed by atoms with Crippen molar-refractivity contribution in [3.05, 3.63) is 60.2 Å². The van der Waals surface area contributed by atoms with Gasteiger partial charge in [0, 0.05) is 6.92 Å². The fourth-order valence-electron chi connectivity index (χ4n) is 2.98. The molecule has 0 fully saturated rings. The number of nitrogens with one attached hydrogen (secondary N) is 1. The van der Waals surface area contributed by atoms with Crippen molar-refractivity contribution in [1.82, 2.24) is 5.32 Å². The van der Waals surface area contributed by atoms with Crippen molar-refractivity contribution < 1.29 is 4.79 Å². The summed E-state index contributed by atoms with van der Waals surface area (Å²) in [5.74, 6) is 6.59. The van der Waals surface area contributed by atoms with E-state index in [9.17, 15) is 4.79 Å². The minimum Gasteiger partial charge on any atom is -0.341 e. The Kier molecular flexibility index (Phi) is 6.42. The van der Waals surface area contributed by atoms with Crippen molar-refractivity contribution in [2.75, 3.05) is 0 Å². The van der Waals surface area contributed by atoms with Crippen LogP contribution in [-0.4, -0.2) is 11.4 Å². The number of carbonyl (C=O) groups is 1. The third kappa shape index (κ3) is 6.12. The van der Waals surface area contributed by atoms with Crippen LogP contribution in [0.25, 0.3) is 10.8 Å². The van der Waals surface area contributed by atoms with E-state index in [1.54, 1.807) is 0 Å². The average Bonchev–Trinajstić information content (AvgIpc) is 2.53. The van der Waals surface area contributed by atoms with E-state index in [-0.39, 0.29) is 5.91 Å². The zero-order valence-corrected chi connectivity index (χ0v) is 15.6. The van der Waals surface area contributed by atoms with Crippen molar-refractivity contribution in [3.63, 3.8) is 0 Å². The van der Waals surface area contributed by atoms with E-state index in [0.717, 1.165) is 12.8 Å². The summed E-state index contributed by atoms with van der Waals surface area (Å²) in [6, 6.07) is 15.1. The van der Waals surface area contributed by atoms with Gasteiger partial charge in [-0.15, -0.1) is 0 Å². The van der Waals surface area contributed by atoms with E-state index in [1.807, 2.05) is 19.9 Å². The van der Waals surface area contributed by atoms with Crippen LogP contribution in [0.2, 0.25) is 0 Å². The lowest BCUT2D eigenvalue weighted by Gasteiger charge is -2.17. The van der Waals surface area contributed by atoms with Crippen molar-refractivity contribution in [2.24, 2.45) is 5.92 Å². The fraction of sp³-hybridized carbons (Fsp3) is 0.348. The Morgan fingerprint density at radius 1 is 1.20 bits per heavy atom. The molecule has 0 aliphatic heterocycles. The van der Waals surface area contributed by atoms with Crippen LogP contribution in [0.3, 0.4) is 0 Å². The highest BCUT2D eigenvalue weighted by Crippen LogP contribution is 2.22. The molecule has 0 aromatic heterocycles. The molecular weight excluding hydrogens is 306 g/mol. The largest absolute Gasteiger partial charge is 0.341 e. The Morgan fingerprint density at radius 3 is 2.68 bits per heavy atom. The van der Waals surface area contributed by atoms with Gasteiger partial charge in [0.25, 0.3) is 0 Å². The summed E-state index contributed by atoms with van der Waals surface area (Å²) < 4.78 is 0. The predicted molar refractivity (Wildman–Crippen MR) is 106 cm³/mol. The van der Waals surface area contributed by atoms with Crippen molar-refractivity contribution in [1.29, 1.82) is 0 Å². The summed E-state index contributed by atoms with van der Waals surface area (Å²) in [6.45, 7) is 7.58. The standard InChI is InChI=1S/C23H27NO/c1-18(11-6-5-9-16-23(3,4)24-19(2)25)17-21-14-10-13-20-12-7-8-15-22(20)21/h5-8,10,12-15,18H,11,17H2,1-4H3,(H,24,25)/b6-5+. The van der Waals surface area contributed by atoms with E-state index in [0.29, 0.717) is 5.92 Å². The van der Waals surface area contributed by atoms with Gasteiger partial charge in [0.15, 0.2) is 0 Å². The number of hydrogen-bond acceptors (Lipinski definition) is 1. The van der Waals surface area contributed by atoms with Crippen LogP contribution in [-0.2, 0) is 11.2 Å². The maximum atomic E-state index is 11.1. The van der Waals surface area contributed by atoms with Gasteiger partial charge in [0.05, 0.1) is 5.54 Å². The van der Waals surface area contributed by atoms with Gasteiger partial charge in [0.1, 0.15) is 0 Å². The Labute approximate surface area is 151 Å². The lowest BCUT2D eigenvalue weighted by molar-refractivity contribution is -0.119. The fourth-order valence-corrected chi connectivity index (χ4v) is 2.98. The Morgan fingerprint density at radius 2 is 1.92 bits per heavy atom. The molecule has 2 nitrogen and oxygen atoms in total. The van der Waals surface area contributed by atoms with Gasteiger partial charge in [-0.2, -0.15) is 0 Å². The summed E-state index contributed by atoms with van der Waals surface area (Å²) in [6.07, 6.45) is 6.05. The van der Waals surface area contributed by atoms with Crippen molar-refractivity contribution in [3.8, 4) is 11.8 Å². The van der Waals surface area contributed by atoms with Crippen LogP contribution in [0, 0.1) is 17.8 Å². The molecule has 2 heteroatoms. The maximum Gasteiger partial charge on any atom is 0.218 e. The first-order valence-corrected chi connectivity index (χ1v) is 8.80. The van der Waals surface area contributed by atoms with Crippen LogP contribution in [0.5, 0.6) is 0 Å². The van der Waals surface area contributed by atoms with Gasteiger partial charge in [0.2, 0.25) is 5.91 Å². The molecular formula is C23H27NO. The average molecular weight is 333 g/mol. The van der Waals surface area contributed by atoms with Crippen LogP contribution in [0.4, 0.5) is 0 Å². The van der Waals surface area contributed by atoms with Crippen molar-refractivity contribution >= 4 is 16.7 Å². The summed E-state index contributed by atoms with van der Waals surface area (Å²) in [4.78, 5) is 11.1. The van der Waals surface area contributed by atoms with E-state index in [4.69, 9.17) is 0 Å². The number of amides is 1. The topological polar surface area (TPSA) is 29.1 Å². The first kappa shape index (κ1) is 18.8. The highest BCUT2D eigenvalue weighted by Gasteiger charge is 2.13. The van der Waals surface area contributed by atoms with Gasteiger partial charge in [-0.05, 0) is 55.0 Å². The van der Waals surface area contributed by atoms with E-state index in [1.165, 1.54) is 23.3 Å². The summed E-state index contributed by atoms with van der Waals surface area (Å²) in [5.41, 5.74) is 0.905. The molecule has 2 aromatic carbocycles. The number of rotatable bonds is 5. The second kappa shape index (κ2) is 8.53. The summed E-state index contributed by atoms with van der Waals surface area (Å²) >= 11 is 0. The number of carbonyl (C=O) groups excluding carboxylic acids is 1. The molecule has 1 N–H and O–H groups in total. The van der Waals surface area contributed by atoms with Gasteiger partial charge >= 0.3 is 0 Å². The normalized spacial score (nSPS) is 12.6. The van der Waals surface area contributed by atoms with E-state index < -0.39 is 5.54 Å². The molecule has 1 atom stereocenters. The Bertz CT molecular complexity index is 815. The SMILES string of the molecule is CC(=O)NC(C)(C)C#C/C=C/CC(C)Cc1cccc2ccccc12. The summed E-state index contributed by atoms with van der Waals surface area (Å²) in [5, 5.41) is 5.47. The lowest BCUT2D eigenvalue weighted by Crippen LogP contribution is -2.40. The Balaban J connectivity index is 1.93. The van der Waals surface area contributed by atoms with Crippen molar-refractivity contribution in [2.45, 2.75) is 46.1 Å². The van der Waals surface area contributed by atoms with Gasteiger partial charge < -0.3 is 5.32 Å². The molecule has 25 heavy (non-hydrogen) atoms. The molecule has 0 aliphatic carbocycles. The number of fused-ring (bicyclic) bond motifs is 1. The predicted octanol–water partition coefficient (Wildman–Crippen LogP) is 4.88. The molecule has 2 rings (SSSR count). The van der Waals surface area contributed by atoms with E-state index >= 15 is 0 Å². The minimum atomic E-state index is -0.495. The molecule has 0 saturated heterocycles. The van der Waals surface area contributed by atoms with Gasteiger partial charge in [-0.1, -0.05) is 67.3 Å². The second-order valence-corrected chi connectivity index (χ2v) is 7.16. The first-order chi connectivity index (χ1) is 11.9. The monoisotopic (exact) mass is 333 g/mol. The maximum absolute atomic E-state index is 11.1. The molecule has 0 bridgehead atoms. The van der Waals surface area contributed by atoms with Crippen LogP contribution in [0.15, 0.2) is 54.6 Å². The van der Waals surface area contributed by atoms with Crippen LogP contribution in [0.1, 0.15) is 39.7 Å². The lowest BCUT2D eigenvalue weighted by atomic mass is 9.94. The number of hydrogen-bond donors (Lipinski definition) is 1. The molecule has 0 heterocycles. The highest BCUT2D eigenvalue weighted by molar-refractivity contribution is 5.85. The molecule has 0 saturated carbocycles. The van der Waals surface area contributed by atoms with Gasteiger partial charge in [-0.3, -0.25) is 4.79 Å². The van der Waals surface area contributed by atoms with Gasteiger partial charge in [-0.25, -0.2) is 0 Å². The minimum absolute atomic E-state index is 0.0630. The third-order valence-corrected chi connectivity index (χ3v) is 4.06. The quantitative estimate of drug-likeness (QED) is 0.776. The Hall–Kier alpha value is -2.53. The molecule has 0 aliphatic rings. The highest BCUT2D eigenvalue weighted by atomic mass is 16.1. The van der Waals surface area contributed by atoms with E-state index in [2.05, 4.69) is 72.6 Å². The van der Waals surface area contributed by atoms with Crippen LogP contribution >= 0.6 is 0 Å². The molecule has 1 amide bonds. The van der Waals surface area contributed by atoms with Crippen LogP contribution < -0.4 is 5.32 Å². The number of benzene rings is 2. The molecule has 130 valence electrons.